The van der Waals surface area contributed by atoms with Crippen LogP contribution < -0.4 is 5.32 Å². The molecule has 1 heterocycles. The summed E-state index contributed by atoms with van der Waals surface area (Å²) in [4.78, 5) is 12.6. The zero-order chi connectivity index (χ0) is 26.8. The van der Waals surface area contributed by atoms with Crippen LogP contribution in [0.3, 0.4) is 0 Å². The lowest BCUT2D eigenvalue weighted by Crippen LogP contribution is -2.63. The standard InChI is InChI=1S/C34H36N2O3/c37-32-27-36(22-21-35-32,23-25-38-33(28-13-5-1-6-14-28)29-15-7-2-8-16-29)24-26-39-34(30-17-9-3-10-18-30)31-19-11-4-12-20-31/h1-20,33-34H,21-27H2/p+1. The van der Waals surface area contributed by atoms with E-state index in [-0.39, 0.29) is 18.1 Å². The highest BCUT2D eigenvalue weighted by molar-refractivity contribution is 5.77. The summed E-state index contributed by atoms with van der Waals surface area (Å²) in [7, 11) is 0. The lowest BCUT2D eigenvalue weighted by Gasteiger charge is -2.41. The first-order chi connectivity index (χ1) is 19.2. The highest BCUT2D eigenvalue weighted by atomic mass is 16.5. The molecule has 0 unspecified atom stereocenters. The molecule has 0 radical (unpaired) electrons. The fourth-order valence-electron chi connectivity index (χ4n) is 5.38. The van der Waals surface area contributed by atoms with Gasteiger partial charge in [-0.15, -0.1) is 0 Å². The van der Waals surface area contributed by atoms with Gasteiger partial charge in [0.1, 0.15) is 25.3 Å². The molecule has 39 heavy (non-hydrogen) atoms. The highest BCUT2D eigenvalue weighted by Gasteiger charge is 2.34. The molecule has 0 atom stereocenters. The number of ether oxygens (including phenoxy) is 2. The van der Waals surface area contributed by atoms with Crippen molar-refractivity contribution < 1.29 is 18.8 Å². The first kappa shape index (κ1) is 26.8. The number of quaternary nitrogens is 1. The summed E-state index contributed by atoms with van der Waals surface area (Å²) < 4.78 is 13.8. The number of amides is 1. The fourth-order valence-corrected chi connectivity index (χ4v) is 5.38. The fraction of sp³-hybridized carbons (Fsp3) is 0.265. The van der Waals surface area contributed by atoms with E-state index >= 15 is 0 Å². The van der Waals surface area contributed by atoms with Crippen LogP contribution in [0, 0.1) is 0 Å². The van der Waals surface area contributed by atoms with Crippen LogP contribution in [0.4, 0.5) is 0 Å². The van der Waals surface area contributed by atoms with Crippen molar-refractivity contribution >= 4 is 5.91 Å². The highest BCUT2D eigenvalue weighted by Crippen LogP contribution is 2.28. The van der Waals surface area contributed by atoms with Gasteiger partial charge in [-0.1, -0.05) is 121 Å². The van der Waals surface area contributed by atoms with E-state index in [1.807, 2.05) is 72.8 Å². The Bertz CT molecular complexity index is 1120. The van der Waals surface area contributed by atoms with Crippen molar-refractivity contribution in [3.8, 4) is 0 Å². The van der Waals surface area contributed by atoms with Crippen LogP contribution in [0.1, 0.15) is 34.5 Å². The van der Waals surface area contributed by atoms with Crippen molar-refractivity contribution in [1.82, 2.24) is 5.32 Å². The molecule has 4 aromatic rings. The maximum Gasteiger partial charge on any atom is 0.275 e. The lowest BCUT2D eigenvalue weighted by molar-refractivity contribution is -0.922. The molecule has 1 aliphatic rings. The van der Waals surface area contributed by atoms with E-state index in [0.29, 0.717) is 30.8 Å². The Hall–Kier alpha value is -3.77. The van der Waals surface area contributed by atoms with Gasteiger partial charge in [0.15, 0.2) is 6.54 Å². The van der Waals surface area contributed by atoms with Crippen LogP contribution >= 0.6 is 0 Å². The quantitative estimate of drug-likeness (QED) is 0.249. The van der Waals surface area contributed by atoms with E-state index in [2.05, 4.69) is 53.8 Å². The van der Waals surface area contributed by atoms with Crippen LogP contribution in [-0.2, 0) is 14.3 Å². The molecule has 0 spiro atoms. The Morgan fingerprint density at radius 1 is 0.590 bits per heavy atom. The molecule has 5 rings (SSSR count). The summed E-state index contributed by atoms with van der Waals surface area (Å²) >= 11 is 0. The number of hydrogen-bond donors (Lipinski definition) is 1. The number of hydrogen-bond acceptors (Lipinski definition) is 3. The maximum absolute atomic E-state index is 12.6. The van der Waals surface area contributed by atoms with Crippen molar-refractivity contribution in [2.45, 2.75) is 12.2 Å². The van der Waals surface area contributed by atoms with E-state index in [1.165, 1.54) is 0 Å². The van der Waals surface area contributed by atoms with Crippen LogP contribution in [-0.4, -0.2) is 56.3 Å². The lowest BCUT2D eigenvalue weighted by atomic mass is 10.0. The van der Waals surface area contributed by atoms with Gasteiger partial charge in [-0.2, -0.15) is 0 Å². The second-order valence-corrected chi connectivity index (χ2v) is 10.2. The van der Waals surface area contributed by atoms with E-state index in [1.54, 1.807) is 0 Å². The number of benzene rings is 4. The second kappa shape index (κ2) is 13.3. The van der Waals surface area contributed by atoms with Crippen molar-refractivity contribution in [1.29, 1.82) is 0 Å². The summed E-state index contributed by atoms with van der Waals surface area (Å²) in [5, 5.41) is 3.00. The summed E-state index contributed by atoms with van der Waals surface area (Å²) in [5.74, 6) is 0.0894. The van der Waals surface area contributed by atoms with Crippen LogP contribution in [0.25, 0.3) is 0 Å². The zero-order valence-corrected chi connectivity index (χ0v) is 22.3. The number of carbonyl (C=O) groups is 1. The number of nitrogens with zero attached hydrogens (tertiary/aromatic N) is 1. The first-order valence-corrected chi connectivity index (χ1v) is 13.8. The van der Waals surface area contributed by atoms with Gasteiger partial charge in [-0.3, -0.25) is 4.79 Å². The zero-order valence-electron chi connectivity index (χ0n) is 22.3. The molecule has 0 saturated carbocycles. The Labute approximate surface area is 231 Å². The Morgan fingerprint density at radius 3 is 1.28 bits per heavy atom. The maximum atomic E-state index is 12.6. The molecule has 1 saturated heterocycles. The average Bonchev–Trinajstić information content (AvgIpc) is 2.99. The average molecular weight is 522 g/mol. The van der Waals surface area contributed by atoms with Crippen LogP contribution in [0.5, 0.6) is 0 Å². The summed E-state index contributed by atoms with van der Waals surface area (Å²) in [6, 6.07) is 41.3. The molecule has 1 aliphatic heterocycles. The molecular weight excluding hydrogens is 484 g/mol. The minimum Gasteiger partial charge on any atom is -0.363 e. The minimum absolute atomic E-state index is 0.0894. The van der Waals surface area contributed by atoms with Gasteiger partial charge in [0.25, 0.3) is 5.91 Å². The molecule has 1 N–H and O–H groups in total. The monoisotopic (exact) mass is 521 g/mol. The molecule has 1 fully saturated rings. The molecule has 200 valence electrons. The predicted octanol–water partition coefficient (Wildman–Crippen LogP) is 5.55. The number of carbonyl (C=O) groups excluding carboxylic acids is 1. The molecule has 5 nitrogen and oxygen atoms in total. The van der Waals surface area contributed by atoms with Crippen molar-refractivity contribution in [2.75, 3.05) is 45.9 Å². The molecule has 0 aliphatic carbocycles. The summed E-state index contributed by atoms with van der Waals surface area (Å²) in [6.45, 7) is 4.55. The molecule has 0 aromatic heterocycles. The van der Waals surface area contributed by atoms with Crippen molar-refractivity contribution in [3.05, 3.63) is 144 Å². The number of piperazine rings is 1. The van der Waals surface area contributed by atoms with Gasteiger partial charge in [-0.05, 0) is 22.3 Å². The molecular formula is C34H37N2O3+. The number of rotatable bonds is 12. The normalized spacial score (nSPS) is 14.9. The largest absolute Gasteiger partial charge is 0.363 e. The van der Waals surface area contributed by atoms with Crippen LogP contribution in [0.15, 0.2) is 121 Å². The Kier molecular flexibility index (Phi) is 9.17. The van der Waals surface area contributed by atoms with E-state index in [9.17, 15) is 4.79 Å². The third kappa shape index (κ3) is 7.21. The van der Waals surface area contributed by atoms with Gasteiger partial charge in [0.2, 0.25) is 0 Å². The number of nitrogens with one attached hydrogen (secondary N) is 1. The summed E-state index contributed by atoms with van der Waals surface area (Å²) in [6.07, 6.45) is -0.300. The second-order valence-electron chi connectivity index (χ2n) is 10.2. The third-order valence-corrected chi connectivity index (χ3v) is 7.50. The first-order valence-electron chi connectivity index (χ1n) is 13.8. The van der Waals surface area contributed by atoms with Gasteiger partial charge in [-0.25, -0.2) is 0 Å². The minimum atomic E-state index is -0.150. The van der Waals surface area contributed by atoms with Gasteiger partial charge >= 0.3 is 0 Å². The molecule has 4 aromatic carbocycles. The molecule has 0 bridgehead atoms. The van der Waals surface area contributed by atoms with E-state index in [0.717, 1.165) is 41.9 Å². The third-order valence-electron chi connectivity index (χ3n) is 7.50. The van der Waals surface area contributed by atoms with Crippen molar-refractivity contribution in [3.63, 3.8) is 0 Å². The Morgan fingerprint density at radius 2 is 0.949 bits per heavy atom. The van der Waals surface area contributed by atoms with E-state index in [4.69, 9.17) is 9.47 Å². The van der Waals surface area contributed by atoms with E-state index < -0.39 is 0 Å². The van der Waals surface area contributed by atoms with Crippen molar-refractivity contribution in [2.24, 2.45) is 0 Å². The molecule has 5 heteroatoms. The smallest absolute Gasteiger partial charge is 0.275 e. The molecule has 1 amide bonds. The van der Waals surface area contributed by atoms with Gasteiger partial charge in [0.05, 0.1) is 26.3 Å². The Balaban J connectivity index is 1.28. The van der Waals surface area contributed by atoms with Crippen LogP contribution in [0.2, 0.25) is 0 Å². The predicted molar refractivity (Wildman–Crippen MR) is 154 cm³/mol. The topological polar surface area (TPSA) is 47.6 Å². The van der Waals surface area contributed by atoms with Gasteiger partial charge in [0, 0.05) is 0 Å². The van der Waals surface area contributed by atoms with Gasteiger partial charge < -0.3 is 19.3 Å². The summed E-state index contributed by atoms with van der Waals surface area (Å²) in [5.41, 5.74) is 4.51. The SMILES string of the molecule is O=C1C[N+](CCOC(c2ccccc2)c2ccccc2)(CCOC(c2ccccc2)c2ccccc2)CCN1.